The first kappa shape index (κ1) is 38.5. The molecule has 3 aliphatic rings. The number of anilines is 2. The van der Waals surface area contributed by atoms with Gasteiger partial charge in [-0.3, -0.25) is 28.9 Å². The van der Waals surface area contributed by atoms with Crippen molar-refractivity contribution in [3.05, 3.63) is 114 Å². The van der Waals surface area contributed by atoms with Gasteiger partial charge < -0.3 is 19.5 Å². The number of rotatable bonds is 12. The predicted molar refractivity (Wildman–Crippen MR) is 212 cm³/mol. The molecule has 0 spiro atoms. The molecule has 4 atom stereocenters. The van der Waals surface area contributed by atoms with Gasteiger partial charge in [-0.05, 0) is 158 Å². The minimum absolute atomic E-state index is 0.115. The molecule has 4 aromatic rings. The maximum atomic E-state index is 13.7. The summed E-state index contributed by atoms with van der Waals surface area (Å²) in [5, 5.41) is 2.85. The van der Waals surface area contributed by atoms with Crippen LogP contribution in [0.25, 0.3) is 0 Å². The molecule has 3 fully saturated rings. The molecule has 2 bridgehead atoms. The Hall–Kier alpha value is -5.77. The number of hydrogen-bond donors (Lipinski definition) is 1. The monoisotopic (exact) mass is 756 g/mol. The summed E-state index contributed by atoms with van der Waals surface area (Å²) in [4.78, 5) is 68.2. The minimum atomic E-state index is -1.30. The quantitative estimate of drug-likeness (QED) is 0.112. The molecule has 1 aliphatic heterocycles. The van der Waals surface area contributed by atoms with Crippen LogP contribution in [0.15, 0.2) is 97.1 Å². The Morgan fingerprint density at radius 2 is 1.04 bits per heavy atom. The Morgan fingerprint density at radius 1 is 0.589 bits per heavy atom. The number of imide groups is 1. The Morgan fingerprint density at radius 3 is 1.50 bits per heavy atom. The van der Waals surface area contributed by atoms with Gasteiger partial charge in [-0.25, -0.2) is 0 Å². The first-order valence-corrected chi connectivity index (χ1v) is 19.2. The van der Waals surface area contributed by atoms with Crippen LogP contribution in [0.5, 0.6) is 17.2 Å². The SMILES string of the molecule is CC(C)(C)Oc1ccc(OC(C)(C)C(=O)c2cccc(C(=O)C(C)(C)Oc3ccc(NC(=O)c4ccc(N5C(=O)C6C7CCC(C7)C6C5=O)cc4)cc3)c2)cc1. The van der Waals surface area contributed by atoms with Crippen molar-refractivity contribution in [2.45, 2.75) is 84.5 Å². The maximum absolute atomic E-state index is 13.7. The van der Waals surface area contributed by atoms with Crippen molar-refractivity contribution < 1.29 is 38.2 Å². The van der Waals surface area contributed by atoms with Gasteiger partial charge in [0.2, 0.25) is 23.4 Å². The summed E-state index contributed by atoms with van der Waals surface area (Å²) < 4.78 is 18.1. The Balaban J connectivity index is 0.947. The van der Waals surface area contributed by atoms with Crippen molar-refractivity contribution >= 4 is 40.7 Å². The zero-order chi connectivity index (χ0) is 40.2. The van der Waals surface area contributed by atoms with Crippen molar-refractivity contribution in [3.8, 4) is 17.2 Å². The van der Waals surface area contributed by atoms with Gasteiger partial charge in [-0.1, -0.05) is 18.2 Å². The molecule has 10 nitrogen and oxygen atoms in total. The minimum Gasteiger partial charge on any atom is -0.488 e. The molecular weight excluding hydrogens is 709 g/mol. The van der Waals surface area contributed by atoms with E-state index in [1.165, 1.54) is 4.90 Å². The second kappa shape index (κ2) is 14.4. The van der Waals surface area contributed by atoms with E-state index in [1.807, 2.05) is 20.8 Å². The molecule has 0 aromatic heterocycles. The van der Waals surface area contributed by atoms with Gasteiger partial charge in [0, 0.05) is 22.4 Å². The zero-order valence-electron chi connectivity index (χ0n) is 32.9. The van der Waals surface area contributed by atoms with Gasteiger partial charge in [0.25, 0.3) is 5.91 Å². The summed E-state index contributed by atoms with van der Waals surface area (Å²) in [5.74, 6) is 0.601. The van der Waals surface area contributed by atoms with Crippen molar-refractivity contribution in [3.63, 3.8) is 0 Å². The molecule has 10 heteroatoms. The fourth-order valence-corrected chi connectivity index (χ4v) is 8.34. The highest BCUT2D eigenvalue weighted by atomic mass is 16.5. The predicted octanol–water partition coefficient (Wildman–Crippen LogP) is 8.73. The van der Waals surface area contributed by atoms with Crippen LogP contribution in [-0.4, -0.2) is 46.1 Å². The largest absolute Gasteiger partial charge is 0.488 e. The standard InChI is InChI=1S/C46H48N2O8/c1-44(2,3)54-34-21-23-36(24-22-34)56-46(6,7)40(50)31-10-8-9-30(26-31)39(49)45(4,5)55-35-19-15-32(16-20-35)47-41(51)27-13-17-33(18-14-27)48-42(52)37-28-11-12-29(25-28)38(37)43(48)53/h8-10,13-24,26,28-29,37-38H,11-12,25H2,1-7H3,(H,47,51). The van der Waals surface area contributed by atoms with Crippen molar-refractivity contribution in [1.29, 1.82) is 0 Å². The summed E-state index contributed by atoms with van der Waals surface area (Å²) in [6, 6.07) is 26.8. The van der Waals surface area contributed by atoms with Crippen LogP contribution in [0, 0.1) is 23.7 Å². The molecule has 1 heterocycles. The van der Waals surface area contributed by atoms with Gasteiger partial charge in [0.1, 0.15) is 22.8 Å². The Bertz CT molecular complexity index is 2150. The molecule has 2 saturated carbocycles. The Kier molecular flexibility index (Phi) is 9.89. The normalized spacial score (nSPS) is 20.4. The summed E-state index contributed by atoms with van der Waals surface area (Å²) in [6.45, 7) is 12.6. The smallest absolute Gasteiger partial charge is 0.255 e. The summed E-state index contributed by atoms with van der Waals surface area (Å²) >= 11 is 0. The highest BCUT2D eigenvalue weighted by Crippen LogP contribution is 2.56. The van der Waals surface area contributed by atoms with E-state index in [1.54, 1.807) is 125 Å². The number of nitrogens with zero attached hydrogens (tertiary/aromatic N) is 1. The molecule has 4 aromatic carbocycles. The van der Waals surface area contributed by atoms with Crippen LogP contribution in [0.3, 0.4) is 0 Å². The van der Waals surface area contributed by atoms with Gasteiger partial charge in [-0.15, -0.1) is 0 Å². The second-order valence-corrected chi connectivity index (χ2v) is 17.1. The number of Topliss-reactive ketones (excluding diaryl/α,β-unsaturated/α-hetero) is 2. The highest BCUT2D eigenvalue weighted by Gasteiger charge is 2.61. The number of ketones is 2. The number of carbonyl (C=O) groups excluding carboxylic acids is 5. The molecule has 0 radical (unpaired) electrons. The van der Waals surface area contributed by atoms with Crippen LogP contribution >= 0.6 is 0 Å². The van der Waals surface area contributed by atoms with Gasteiger partial charge in [0.05, 0.1) is 17.5 Å². The van der Waals surface area contributed by atoms with E-state index in [-0.39, 0.29) is 46.7 Å². The topological polar surface area (TPSA) is 128 Å². The van der Waals surface area contributed by atoms with Crippen molar-refractivity contribution in [2.24, 2.45) is 23.7 Å². The summed E-state index contributed by atoms with van der Waals surface area (Å²) in [6.07, 6.45) is 3.00. The lowest BCUT2D eigenvalue weighted by molar-refractivity contribution is -0.123. The van der Waals surface area contributed by atoms with Gasteiger partial charge >= 0.3 is 0 Å². The lowest BCUT2D eigenvalue weighted by Gasteiger charge is -2.27. The number of benzene rings is 4. The third-order valence-electron chi connectivity index (χ3n) is 10.9. The summed E-state index contributed by atoms with van der Waals surface area (Å²) in [5.41, 5.74) is -0.867. The average molecular weight is 757 g/mol. The van der Waals surface area contributed by atoms with E-state index in [0.29, 0.717) is 57.1 Å². The van der Waals surface area contributed by atoms with E-state index in [4.69, 9.17) is 14.2 Å². The number of amides is 3. The number of fused-ring (bicyclic) bond motifs is 5. The van der Waals surface area contributed by atoms with E-state index in [9.17, 15) is 24.0 Å². The third kappa shape index (κ3) is 7.70. The van der Waals surface area contributed by atoms with E-state index in [0.717, 1.165) is 19.3 Å². The number of ether oxygens (including phenoxy) is 3. The zero-order valence-corrected chi connectivity index (χ0v) is 32.9. The number of carbonyl (C=O) groups is 5. The average Bonchev–Trinajstić information content (AvgIpc) is 3.85. The molecular formula is C46H48N2O8. The van der Waals surface area contributed by atoms with Crippen LogP contribution < -0.4 is 24.4 Å². The van der Waals surface area contributed by atoms with Gasteiger partial charge in [-0.2, -0.15) is 0 Å². The molecule has 1 saturated heterocycles. The highest BCUT2D eigenvalue weighted by molar-refractivity contribution is 6.22. The van der Waals surface area contributed by atoms with Gasteiger partial charge in [0.15, 0.2) is 11.2 Å². The summed E-state index contributed by atoms with van der Waals surface area (Å²) in [7, 11) is 0. The number of nitrogens with one attached hydrogen (secondary N) is 1. The van der Waals surface area contributed by atoms with Crippen molar-refractivity contribution in [2.75, 3.05) is 10.2 Å². The van der Waals surface area contributed by atoms with Crippen LogP contribution in [-0.2, 0) is 9.59 Å². The Labute approximate surface area is 327 Å². The fraction of sp³-hybridized carbons (Fsp3) is 0.370. The lowest BCUT2D eigenvalue weighted by atomic mass is 9.81. The van der Waals surface area contributed by atoms with Crippen LogP contribution in [0.1, 0.15) is 98.8 Å². The third-order valence-corrected chi connectivity index (χ3v) is 10.9. The lowest BCUT2D eigenvalue weighted by Crippen LogP contribution is -2.39. The fourth-order valence-electron chi connectivity index (χ4n) is 8.34. The van der Waals surface area contributed by atoms with Crippen LogP contribution in [0.4, 0.5) is 11.4 Å². The molecule has 2 aliphatic carbocycles. The second-order valence-electron chi connectivity index (χ2n) is 17.1. The molecule has 4 unspecified atom stereocenters. The first-order valence-electron chi connectivity index (χ1n) is 19.2. The van der Waals surface area contributed by atoms with Crippen LogP contribution in [0.2, 0.25) is 0 Å². The molecule has 1 N–H and O–H groups in total. The van der Waals surface area contributed by atoms with E-state index in [2.05, 4.69) is 5.32 Å². The molecule has 7 rings (SSSR count). The van der Waals surface area contributed by atoms with Crippen molar-refractivity contribution in [1.82, 2.24) is 0 Å². The van der Waals surface area contributed by atoms with E-state index >= 15 is 0 Å². The van der Waals surface area contributed by atoms with E-state index < -0.39 is 11.2 Å². The number of hydrogen-bond acceptors (Lipinski definition) is 8. The molecule has 56 heavy (non-hydrogen) atoms. The maximum Gasteiger partial charge on any atom is 0.255 e. The first-order chi connectivity index (χ1) is 26.4. The molecule has 290 valence electrons. The molecule has 3 amide bonds.